The maximum absolute atomic E-state index is 10.5. The average Bonchev–Trinajstić information content (AvgIpc) is 2.76. The third-order valence-corrected chi connectivity index (χ3v) is 4.29. The van der Waals surface area contributed by atoms with Crippen molar-refractivity contribution in [3.63, 3.8) is 0 Å². The van der Waals surface area contributed by atoms with Crippen LogP contribution >= 0.6 is 0 Å². The number of rotatable bonds is 5. The van der Waals surface area contributed by atoms with Gasteiger partial charge in [0.05, 0.1) is 20.3 Å². The zero-order chi connectivity index (χ0) is 14.7. The molecule has 0 radical (unpaired) electrons. The van der Waals surface area contributed by atoms with Crippen LogP contribution in [0.3, 0.4) is 0 Å². The monoisotopic (exact) mass is 279 g/mol. The minimum absolute atomic E-state index is 0.534. The molecule has 4 nitrogen and oxygen atoms in total. The maximum Gasteiger partial charge on any atom is 0.128 e. The summed E-state index contributed by atoms with van der Waals surface area (Å²) < 4.78 is 10.5. The molecular formula is C16H25NO3. The Bertz CT molecular complexity index is 439. The number of ether oxygens (including phenoxy) is 2. The number of aliphatic hydroxyl groups is 1. The lowest BCUT2D eigenvalue weighted by molar-refractivity contribution is 0.121. The number of benzene rings is 1. The van der Waals surface area contributed by atoms with E-state index >= 15 is 0 Å². The van der Waals surface area contributed by atoms with Crippen LogP contribution in [-0.4, -0.2) is 43.9 Å². The van der Waals surface area contributed by atoms with Gasteiger partial charge in [-0.1, -0.05) is 13.8 Å². The van der Waals surface area contributed by atoms with Crippen molar-refractivity contribution in [2.24, 2.45) is 11.8 Å². The summed E-state index contributed by atoms with van der Waals surface area (Å²) in [6, 6.07) is 5.55. The van der Waals surface area contributed by atoms with E-state index in [1.54, 1.807) is 14.2 Å². The minimum atomic E-state index is -0.534. The predicted octanol–water partition coefficient (Wildman–Crippen LogP) is 2.33. The van der Waals surface area contributed by atoms with Crippen LogP contribution in [0.2, 0.25) is 0 Å². The van der Waals surface area contributed by atoms with Crippen LogP contribution < -0.4 is 9.47 Å². The highest BCUT2D eigenvalue weighted by molar-refractivity contribution is 5.42. The van der Waals surface area contributed by atoms with Crippen molar-refractivity contribution in [1.82, 2.24) is 4.90 Å². The Morgan fingerprint density at radius 1 is 1.20 bits per heavy atom. The first-order valence-corrected chi connectivity index (χ1v) is 7.17. The van der Waals surface area contributed by atoms with Gasteiger partial charge < -0.3 is 14.6 Å². The van der Waals surface area contributed by atoms with E-state index in [9.17, 15) is 5.11 Å². The van der Waals surface area contributed by atoms with Crippen molar-refractivity contribution in [3.05, 3.63) is 23.8 Å². The van der Waals surface area contributed by atoms with Gasteiger partial charge in [-0.25, -0.2) is 0 Å². The molecule has 1 aliphatic rings. The van der Waals surface area contributed by atoms with E-state index in [-0.39, 0.29) is 0 Å². The Hall–Kier alpha value is -1.26. The molecule has 0 saturated carbocycles. The fourth-order valence-electron chi connectivity index (χ4n) is 2.83. The molecule has 1 saturated heterocycles. The molecular weight excluding hydrogens is 254 g/mol. The van der Waals surface area contributed by atoms with Crippen molar-refractivity contribution in [2.75, 3.05) is 33.9 Å². The molecule has 4 heteroatoms. The molecule has 2 rings (SSSR count). The Balaban J connectivity index is 2.07. The van der Waals surface area contributed by atoms with Gasteiger partial charge in [0.1, 0.15) is 11.5 Å². The van der Waals surface area contributed by atoms with Crippen molar-refractivity contribution in [3.8, 4) is 11.5 Å². The number of aliphatic hydroxyl groups excluding tert-OH is 1. The van der Waals surface area contributed by atoms with E-state index in [1.165, 1.54) is 0 Å². The van der Waals surface area contributed by atoms with Gasteiger partial charge in [-0.2, -0.15) is 0 Å². The quantitative estimate of drug-likeness (QED) is 0.898. The molecule has 1 N–H and O–H groups in total. The summed E-state index contributed by atoms with van der Waals surface area (Å²) in [4.78, 5) is 2.32. The average molecular weight is 279 g/mol. The van der Waals surface area contributed by atoms with Crippen molar-refractivity contribution < 1.29 is 14.6 Å². The second-order valence-corrected chi connectivity index (χ2v) is 5.80. The van der Waals surface area contributed by atoms with Crippen molar-refractivity contribution >= 4 is 0 Å². The molecule has 3 unspecified atom stereocenters. The zero-order valence-electron chi connectivity index (χ0n) is 12.8. The van der Waals surface area contributed by atoms with Gasteiger partial charge in [0.15, 0.2) is 0 Å². The van der Waals surface area contributed by atoms with Crippen molar-refractivity contribution in [2.45, 2.75) is 20.0 Å². The summed E-state index contributed by atoms with van der Waals surface area (Å²) in [7, 11) is 3.24. The predicted molar refractivity (Wildman–Crippen MR) is 79.3 cm³/mol. The largest absolute Gasteiger partial charge is 0.497 e. The first-order chi connectivity index (χ1) is 9.55. The summed E-state index contributed by atoms with van der Waals surface area (Å²) in [6.07, 6.45) is -0.534. The Morgan fingerprint density at radius 2 is 1.85 bits per heavy atom. The molecule has 0 aliphatic carbocycles. The van der Waals surface area contributed by atoms with E-state index in [0.717, 1.165) is 24.4 Å². The number of β-amino-alcohol motifs (C(OH)–C–C–N with tert-alkyl or cyclic N) is 1. The maximum atomic E-state index is 10.5. The summed E-state index contributed by atoms with van der Waals surface area (Å²) in [5.74, 6) is 2.80. The SMILES string of the molecule is COc1ccc(C(O)CN2CC(C)C(C)C2)c(OC)c1. The molecule has 1 aliphatic heterocycles. The zero-order valence-corrected chi connectivity index (χ0v) is 12.8. The highest BCUT2D eigenvalue weighted by Gasteiger charge is 2.28. The first-order valence-electron chi connectivity index (χ1n) is 7.17. The molecule has 0 spiro atoms. The third-order valence-electron chi connectivity index (χ3n) is 4.29. The van der Waals surface area contributed by atoms with Crippen LogP contribution in [0.15, 0.2) is 18.2 Å². The summed E-state index contributed by atoms with van der Waals surface area (Å²) in [6.45, 7) is 7.29. The topological polar surface area (TPSA) is 41.9 Å². The molecule has 112 valence electrons. The molecule has 20 heavy (non-hydrogen) atoms. The van der Waals surface area contributed by atoms with Crippen LogP contribution in [-0.2, 0) is 0 Å². The van der Waals surface area contributed by atoms with E-state index in [0.29, 0.717) is 24.1 Å². The number of hydrogen-bond donors (Lipinski definition) is 1. The number of nitrogens with zero attached hydrogens (tertiary/aromatic N) is 1. The highest BCUT2D eigenvalue weighted by atomic mass is 16.5. The highest BCUT2D eigenvalue weighted by Crippen LogP contribution is 2.31. The molecule has 1 aromatic carbocycles. The van der Waals surface area contributed by atoms with E-state index < -0.39 is 6.10 Å². The smallest absolute Gasteiger partial charge is 0.128 e. The van der Waals surface area contributed by atoms with Gasteiger partial charge in [0, 0.05) is 31.3 Å². The molecule has 0 aromatic heterocycles. The fourth-order valence-corrected chi connectivity index (χ4v) is 2.83. The Labute approximate surface area is 121 Å². The van der Waals surface area contributed by atoms with Crippen molar-refractivity contribution in [1.29, 1.82) is 0 Å². The second kappa shape index (κ2) is 6.46. The molecule has 0 amide bonds. The number of hydrogen-bond acceptors (Lipinski definition) is 4. The lowest BCUT2D eigenvalue weighted by Gasteiger charge is -2.22. The second-order valence-electron chi connectivity index (χ2n) is 5.80. The summed E-state index contributed by atoms with van der Waals surface area (Å²) >= 11 is 0. The molecule has 1 fully saturated rings. The normalized spacial score (nSPS) is 24.6. The van der Waals surface area contributed by atoms with E-state index in [1.807, 2.05) is 18.2 Å². The van der Waals surface area contributed by atoms with Gasteiger partial charge in [0.2, 0.25) is 0 Å². The minimum Gasteiger partial charge on any atom is -0.497 e. The van der Waals surface area contributed by atoms with E-state index in [2.05, 4.69) is 18.7 Å². The van der Waals surface area contributed by atoms with Crippen LogP contribution in [0.4, 0.5) is 0 Å². The Kier molecular flexibility index (Phi) is 4.89. The van der Waals surface area contributed by atoms with Crippen LogP contribution in [0, 0.1) is 11.8 Å². The third kappa shape index (κ3) is 3.25. The molecule has 1 aromatic rings. The fraction of sp³-hybridized carbons (Fsp3) is 0.625. The van der Waals surface area contributed by atoms with Gasteiger partial charge in [-0.3, -0.25) is 4.90 Å². The number of likely N-dealkylation sites (tertiary alicyclic amines) is 1. The summed E-state index contributed by atoms with van der Waals surface area (Å²) in [5.41, 5.74) is 0.820. The summed E-state index contributed by atoms with van der Waals surface area (Å²) in [5, 5.41) is 10.5. The Morgan fingerprint density at radius 3 is 2.40 bits per heavy atom. The van der Waals surface area contributed by atoms with Gasteiger partial charge in [-0.15, -0.1) is 0 Å². The lowest BCUT2D eigenvalue weighted by atomic mass is 10.0. The van der Waals surface area contributed by atoms with Crippen LogP contribution in [0.1, 0.15) is 25.5 Å². The molecule has 0 bridgehead atoms. The van der Waals surface area contributed by atoms with Crippen LogP contribution in [0.25, 0.3) is 0 Å². The van der Waals surface area contributed by atoms with Gasteiger partial charge >= 0.3 is 0 Å². The number of methoxy groups -OCH3 is 2. The first kappa shape index (κ1) is 15.1. The van der Waals surface area contributed by atoms with Crippen LogP contribution in [0.5, 0.6) is 11.5 Å². The standard InChI is InChI=1S/C16H25NO3/c1-11-8-17(9-12(11)2)10-15(18)14-6-5-13(19-3)7-16(14)20-4/h5-7,11-12,15,18H,8-10H2,1-4H3. The lowest BCUT2D eigenvalue weighted by Crippen LogP contribution is -2.26. The molecule has 3 atom stereocenters. The van der Waals surface area contributed by atoms with Gasteiger partial charge in [0.25, 0.3) is 0 Å². The van der Waals surface area contributed by atoms with E-state index in [4.69, 9.17) is 9.47 Å². The molecule has 1 heterocycles. The van der Waals surface area contributed by atoms with Gasteiger partial charge in [-0.05, 0) is 24.0 Å².